The van der Waals surface area contributed by atoms with Gasteiger partial charge in [0.15, 0.2) is 0 Å². The summed E-state index contributed by atoms with van der Waals surface area (Å²) in [4.78, 5) is 11.6. The normalized spacial score (nSPS) is 16.1. The summed E-state index contributed by atoms with van der Waals surface area (Å²) in [6, 6.07) is 6.25. The van der Waals surface area contributed by atoms with Gasteiger partial charge in [0, 0.05) is 30.7 Å². The first-order valence-electron chi connectivity index (χ1n) is 6.19. The molecule has 18 heavy (non-hydrogen) atoms. The summed E-state index contributed by atoms with van der Waals surface area (Å²) in [6.45, 7) is 0.357. The van der Waals surface area contributed by atoms with E-state index in [2.05, 4.69) is 10.6 Å². The van der Waals surface area contributed by atoms with E-state index in [0.29, 0.717) is 19.0 Å². The first-order valence-corrected chi connectivity index (χ1v) is 6.19. The molecule has 0 spiro atoms. The maximum atomic E-state index is 12.7. The van der Waals surface area contributed by atoms with Crippen LogP contribution >= 0.6 is 0 Å². The molecule has 0 aliphatic heterocycles. The molecule has 2 rings (SSSR count). The van der Waals surface area contributed by atoms with Crippen LogP contribution in [0.5, 0.6) is 0 Å². The molecule has 0 bridgehead atoms. The van der Waals surface area contributed by atoms with Gasteiger partial charge in [-0.25, -0.2) is 4.39 Å². The molecule has 1 aliphatic rings. The monoisotopic (exact) mass is 251 g/mol. The van der Waals surface area contributed by atoms with Gasteiger partial charge < -0.3 is 16.4 Å². The third kappa shape index (κ3) is 4.00. The Hall–Kier alpha value is -1.62. The largest absolute Gasteiger partial charge is 0.381 e. The predicted octanol–water partition coefficient (Wildman–Crippen LogP) is 1.23. The summed E-state index contributed by atoms with van der Waals surface area (Å²) >= 11 is 0. The van der Waals surface area contributed by atoms with Crippen molar-refractivity contribution in [3.8, 4) is 0 Å². The van der Waals surface area contributed by atoms with E-state index in [1.165, 1.54) is 12.1 Å². The average molecular weight is 251 g/mol. The van der Waals surface area contributed by atoms with Crippen LogP contribution < -0.4 is 16.4 Å². The molecule has 0 heterocycles. The van der Waals surface area contributed by atoms with E-state index in [9.17, 15) is 9.18 Å². The van der Waals surface area contributed by atoms with Gasteiger partial charge in [-0.1, -0.05) is 0 Å². The van der Waals surface area contributed by atoms with E-state index in [4.69, 9.17) is 5.73 Å². The molecule has 1 saturated carbocycles. The van der Waals surface area contributed by atoms with Crippen LogP contribution in [-0.4, -0.2) is 24.5 Å². The van der Waals surface area contributed by atoms with Crippen molar-refractivity contribution in [2.24, 2.45) is 5.73 Å². The molecule has 1 aromatic rings. The highest BCUT2D eigenvalue weighted by atomic mass is 19.1. The lowest BCUT2D eigenvalue weighted by Gasteiger charge is -2.17. The third-order valence-corrected chi connectivity index (χ3v) is 2.87. The standard InChI is InChI=1S/C13H18FN3O/c14-9-1-3-10(4-2-9)16-12(8-15)7-13(18)17-11-5-6-11/h1-4,11-12,16H,5-8,15H2,(H,17,18). The van der Waals surface area contributed by atoms with Crippen molar-refractivity contribution in [3.05, 3.63) is 30.1 Å². The fraction of sp³-hybridized carbons (Fsp3) is 0.462. The van der Waals surface area contributed by atoms with Crippen molar-refractivity contribution >= 4 is 11.6 Å². The van der Waals surface area contributed by atoms with E-state index < -0.39 is 0 Å². The first kappa shape index (κ1) is 12.8. The Morgan fingerprint density at radius 1 is 1.39 bits per heavy atom. The Bertz CT molecular complexity index is 403. The first-order chi connectivity index (χ1) is 8.67. The molecule has 1 amide bonds. The number of nitrogens with one attached hydrogen (secondary N) is 2. The van der Waals surface area contributed by atoms with Crippen LogP contribution in [0, 0.1) is 5.82 Å². The van der Waals surface area contributed by atoms with E-state index in [1.807, 2.05) is 0 Å². The highest BCUT2D eigenvalue weighted by molar-refractivity contribution is 5.77. The minimum absolute atomic E-state index is 0.0163. The zero-order chi connectivity index (χ0) is 13.0. The Kier molecular flexibility index (Phi) is 4.15. The van der Waals surface area contributed by atoms with Crippen LogP contribution in [0.3, 0.4) is 0 Å². The van der Waals surface area contributed by atoms with Crippen LogP contribution in [0.4, 0.5) is 10.1 Å². The molecule has 4 N–H and O–H groups in total. The number of anilines is 1. The molecule has 1 fully saturated rings. The smallest absolute Gasteiger partial charge is 0.222 e. The molecule has 5 heteroatoms. The molecule has 1 unspecified atom stereocenters. The van der Waals surface area contributed by atoms with Gasteiger partial charge in [-0.2, -0.15) is 0 Å². The van der Waals surface area contributed by atoms with Gasteiger partial charge in [-0.05, 0) is 37.1 Å². The number of rotatable bonds is 6. The summed E-state index contributed by atoms with van der Waals surface area (Å²) in [5.74, 6) is -0.265. The quantitative estimate of drug-likeness (QED) is 0.712. The highest BCUT2D eigenvalue weighted by Gasteiger charge is 2.24. The van der Waals surface area contributed by atoms with Gasteiger partial charge in [-0.15, -0.1) is 0 Å². The van der Waals surface area contributed by atoms with Gasteiger partial charge in [0.2, 0.25) is 5.91 Å². The maximum absolute atomic E-state index is 12.7. The van der Waals surface area contributed by atoms with Crippen molar-refractivity contribution in [1.82, 2.24) is 5.32 Å². The molecule has 4 nitrogen and oxygen atoms in total. The topological polar surface area (TPSA) is 67.2 Å². The molecule has 1 aromatic carbocycles. The molecule has 98 valence electrons. The van der Waals surface area contributed by atoms with Gasteiger partial charge >= 0.3 is 0 Å². The fourth-order valence-corrected chi connectivity index (χ4v) is 1.71. The number of amides is 1. The number of carbonyl (C=O) groups is 1. The van der Waals surface area contributed by atoms with Crippen LogP contribution in [0.15, 0.2) is 24.3 Å². The van der Waals surface area contributed by atoms with Crippen molar-refractivity contribution in [3.63, 3.8) is 0 Å². The lowest BCUT2D eigenvalue weighted by Crippen LogP contribution is -2.36. The number of nitrogens with two attached hydrogens (primary N) is 1. The van der Waals surface area contributed by atoms with Crippen LogP contribution in [-0.2, 0) is 4.79 Å². The van der Waals surface area contributed by atoms with Crippen molar-refractivity contribution < 1.29 is 9.18 Å². The summed E-state index contributed by atoms with van der Waals surface area (Å²) in [5, 5.41) is 6.05. The van der Waals surface area contributed by atoms with Gasteiger partial charge in [0.05, 0.1) is 0 Å². The van der Waals surface area contributed by atoms with Crippen molar-refractivity contribution in [1.29, 1.82) is 0 Å². The second-order valence-electron chi connectivity index (χ2n) is 4.63. The van der Waals surface area contributed by atoms with E-state index in [0.717, 1.165) is 18.5 Å². The zero-order valence-corrected chi connectivity index (χ0v) is 10.2. The molecule has 1 atom stereocenters. The predicted molar refractivity (Wildman–Crippen MR) is 68.6 cm³/mol. The SMILES string of the molecule is NCC(CC(=O)NC1CC1)Nc1ccc(F)cc1. The van der Waals surface area contributed by atoms with Gasteiger partial charge in [0.25, 0.3) is 0 Å². The Balaban J connectivity index is 1.83. The van der Waals surface area contributed by atoms with E-state index in [1.54, 1.807) is 12.1 Å². The maximum Gasteiger partial charge on any atom is 0.222 e. The summed E-state index contributed by atoms with van der Waals surface area (Å²) < 4.78 is 12.7. The van der Waals surface area contributed by atoms with Crippen LogP contribution in [0.1, 0.15) is 19.3 Å². The van der Waals surface area contributed by atoms with Crippen molar-refractivity contribution in [2.45, 2.75) is 31.3 Å². The lowest BCUT2D eigenvalue weighted by atomic mass is 10.1. The average Bonchev–Trinajstić information content (AvgIpc) is 3.15. The molecule has 0 radical (unpaired) electrons. The second-order valence-corrected chi connectivity index (χ2v) is 4.63. The van der Waals surface area contributed by atoms with Gasteiger partial charge in [0.1, 0.15) is 5.82 Å². The number of benzene rings is 1. The highest BCUT2D eigenvalue weighted by Crippen LogP contribution is 2.19. The van der Waals surface area contributed by atoms with E-state index >= 15 is 0 Å². The molecule has 1 aliphatic carbocycles. The minimum Gasteiger partial charge on any atom is -0.381 e. The summed E-state index contributed by atoms with van der Waals surface area (Å²) in [5.41, 5.74) is 6.40. The molecule has 0 aromatic heterocycles. The number of hydrogen-bond acceptors (Lipinski definition) is 3. The second kappa shape index (κ2) is 5.82. The molecule has 0 saturated heterocycles. The fourth-order valence-electron chi connectivity index (χ4n) is 1.71. The van der Waals surface area contributed by atoms with Crippen LogP contribution in [0.25, 0.3) is 0 Å². The third-order valence-electron chi connectivity index (χ3n) is 2.87. The molecular formula is C13H18FN3O. The van der Waals surface area contributed by atoms with Crippen LogP contribution in [0.2, 0.25) is 0 Å². The van der Waals surface area contributed by atoms with Gasteiger partial charge in [-0.3, -0.25) is 4.79 Å². The Morgan fingerprint density at radius 3 is 2.61 bits per heavy atom. The lowest BCUT2D eigenvalue weighted by molar-refractivity contribution is -0.121. The minimum atomic E-state index is -0.281. The number of hydrogen-bond donors (Lipinski definition) is 3. The number of halogens is 1. The van der Waals surface area contributed by atoms with E-state index in [-0.39, 0.29) is 17.8 Å². The van der Waals surface area contributed by atoms with Crippen molar-refractivity contribution in [2.75, 3.05) is 11.9 Å². The Morgan fingerprint density at radius 2 is 2.06 bits per heavy atom. The summed E-state index contributed by atoms with van der Waals surface area (Å²) in [6.07, 6.45) is 2.49. The zero-order valence-electron chi connectivity index (χ0n) is 10.2. The summed E-state index contributed by atoms with van der Waals surface area (Å²) in [7, 11) is 0. The number of carbonyl (C=O) groups excluding carboxylic acids is 1. The Labute approximate surface area is 106 Å². The molecular weight excluding hydrogens is 233 g/mol.